The monoisotopic (exact) mass is 203 g/mol. The maximum absolute atomic E-state index is 5.86. The summed E-state index contributed by atoms with van der Waals surface area (Å²) >= 11 is 1.76. The van der Waals surface area contributed by atoms with Gasteiger partial charge in [-0.3, -0.25) is 0 Å². The zero-order valence-corrected chi connectivity index (χ0v) is 8.75. The van der Waals surface area contributed by atoms with Gasteiger partial charge in [0.25, 0.3) is 0 Å². The first-order valence-corrected chi connectivity index (χ1v) is 4.48. The van der Waals surface area contributed by atoms with Crippen LogP contribution >= 0.6 is 23.7 Å². The molecule has 1 heterocycles. The highest BCUT2D eigenvalue weighted by Crippen LogP contribution is 2.22. The van der Waals surface area contributed by atoms with E-state index in [1.54, 1.807) is 11.3 Å². The third-order valence-corrected chi connectivity index (χ3v) is 2.68. The summed E-state index contributed by atoms with van der Waals surface area (Å²) in [6.45, 7) is 5.75. The number of nitrogens with two attached hydrogens (primary N) is 1. The van der Waals surface area contributed by atoms with Gasteiger partial charge >= 0.3 is 0 Å². The van der Waals surface area contributed by atoms with E-state index in [0.29, 0.717) is 0 Å². The highest BCUT2D eigenvalue weighted by atomic mass is 35.5. The second-order valence-corrected chi connectivity index (χ2v) is 3.90. The van der Waals surface area contributed by atoms with E-state index in [4.69, 9.17) is 5.73 Å². The fourth-order valence-corrected chi connectivity index (χ4v) is 1.84. The van der Waals surface area contributed by atoms with Crippen molar-refractivity contribution in [1.82, 2.24) is 0 Å². The summed E-state index contributed by atoms with van der Waals surface area (Å²) in [6, 6.07) is 4.34. The third kappa shape index (κ3) is 2.97. The Morgan fingerprint density at radius 1 is 1.67 bits per heavy atom. The zero-order valence-electron chi connectivity index (χ0n) is 7.12. The normalized spacial score (nSPS) is 11.8. The molecule has 12 heavy (non-hydrogen) atoms. The van der Waals surface area contributed by atoms with Gasteiger partial charge in [0.2, 0.25) is 0 Å². The third-order valence-electron chi connectivity index (χ3n) is 1.55. The van der Waals surface area contributed by atoms with Crippen LogP contribution in [0.15, 0.2) is 24.8 Å². The Morgan fingerprint density at radius 3 is 2.75 bits per heavy atom. The van der Waals surface area contributed by atoms with E-state index < -0.39 is 0 Å². The van der Waals surface area contributed by atoms with Crippen molar-refractivity contribution >= 4 is 23.7 Å². The van der Waals surface area contributed by atoms with Crippen LogP contribution in [-0.4, -0.2) is 0 Å². The average molecular weight is 204 g/mol. The maximum atomic E-state index is 5.86. The van der Waals surface area contributed by atoms with E-state index >= 15 is 0 Å². The highest BCUT2D eigenvalue weighted by Gasteiger charge is 2.04. The fourth-order valence-electron chi connectivity index (χ4n) is 0.948. The minimum atomic E-state index is 0. The van der Waals surface area contributed by atoms with Gasteiger partial charge < -0.3 is 5.73 Å². The highest BCUT2D eigenvalue weighted by molar-refractivity contribution is 7.12. The molecule has 0 aliphatic carbocycles. The van der Waals surface area contributed by atoms with Gasteiger partial charge in [0.1, 0.15) is 0 Å². The lowest BCUT2D eigenvalue weighted by Crippen LogP contribution is -2.06. The second-order valence-electron chi connectivity index (χ2n) is 2.58. The fraction of sp³-hybridized carbons (Fsp3) is 0.333. The van der Waals surface area contributed by atoms with E-state index in [0.717, 1.165) is 6.42 Å². The summed E-state index contributed by atoms with van der Waals surface area (Å²) in [6.07, 6.45) is 2.72. The predicted octanol–water partition coefficient (Wildman–Crippen LogP) is 3.05. The van der Waals surface area contributed by atoms with Crippen LogP contribution in [0.25, 0.3) is 0 Å². The minimum Gasteiger partial charge on any atom is -0.323 e. The van der Waals surface area contributed by atoms with Gasteiger partial charge in [-0.25, -0.2) is 0 Å². The van der Waals surface area contributed by atoms with Crippen LogP contribution in [0.3, 0.4) is 0 Å². The summed E-state index contributed by atoms with van der Waals surface area (Å²) in [5, 5.41) is 0. The Hall–Kier alpha value is -0.310. The summed E-state index contributed by atoms with van der Waals surface area (Å²) < 4.78 is 0. The molecule has 0 spiro atoms. The lowest BCUT2D eigenvalue weighted by molar-refractivity contribution is 0.758. The maximum Gasteiger partial charge on any atom is 0.0424 e. The van der Waals surface area contributed by atoms with Crippen LogP contribution in [0.4, 0.5) is 0 Å². The van der Waals surface area contributed by atoms with Crippen molar-refractivity contribution in [3.8, 4) is 0 Å². The molecule has 0 amide bonds. The smallest absolute Gasteiger partial charge is 0.0424 e. The Bertz CT molecular complexity index is 244. The van der Waals surface area contributed by atoms with Crippen LogP contribution in [0, 0.1) is 6.92 Å². The van der Waals surface area contributed by atoms with E-state index in [2.05, 4.69) is 25.6 Å². The SMILES string of the molecule is C=CC[C@H](N)c1ccc(C)s1.Cl. The number of thiophene rings is 1. The number of hydrogen-bond donors (Lipinski definition) is 1. The molecule has 1 nitrogen and oxygen atoms in total. The van der Waals surface area contributed by atoms with Gasteiger partial charge in [-0.2, -0.15) is 0 Å². The number of rotatable bonds is 3. The molecule has 0 unspecified atom stereocenters. The molecule has 0 saturated carbocycles. The molecular weight excluding hydrogens is 190 g/mol. The van der Waals surface area contributed by atoms with Gasteiger partial charge in [-0.1, -0.05) is 6.08 Å². The summed E-state index contributed by atoms with van der Waals surface area (Å²) in [7, 11) is 0. The van der Waals surface area contributed by atoms with E-state index in [1.165, 1.54) is 9.75 Å². The number of halogens is 1. The molecule has 0 aromatic carbocycles. The molecule has 0 aliphatic rings. The van der Waals surface area contributed by atoms with E-state index in [1.807, 2.05) is 6.08 Å². The molecule has 0 saturated heterocycles. The van der Waals surface area contributed by atoms with Crippen molar-refractivity contribution in [3.05, 3.63) is 34.5 Å². The molecule has 0 fully saturated rings. The van der Waals surface area contributed by atoms with Gasteiger partial charge in [0.05, 0.1) is 0 Å². The van der Waals surface area contributed by atoms with Crippen molar-refractivity contribution in [3.63, 3.8) is 0 Å². The van der Waals surface area contributed by atoms with Gasteiger partial charge in [0.15, 0.2) is 0 Å². The topological polar surface area (TPSA) is 26.0 Å². The molecule has 3 heteroatoms. The standard InChI is InChI=1S/C9H13NS.ClH/c1-3-4-8(10)9-6-5-7(2)11-9;/h3,5-6,8H,1,4,10H2,2H3;1H/t8-;/m0./s1. The molecule has 2 N–H and O–H groups in total. The molecule has 0 bridgehead atoms. The zero-order chi connectivity index (χ0) is 8.27. The lowest BCUT2D eigenvalue weighted by atomic mass is 10.2. The summed E-state index contributed by atoms with van der Waals surface area (Å²) in [5.74, 6) is 0. The quantitative estimate of drug-likeness (QED) is 0.751. The van der Waals surface area contributed by atoms with Crippen LogP contribution in [0.5, 0.6) is 0 Å². The Labute approximate surface area is 83.7 Å². The summed E-state index contributed by atoms with van der Waals surface area (Å²) in [4.78, 5) is 2.57. The van der Waals surface area contributed by atoms with Gasteiger partial charge in [-0.15, -0.1) is 30.3 Å². The molecule has 68 valence electrons. The average Bonchev–Trinajstić information content (AvgIpc) is 2.36. The first-order valence-electron chi connectivity index (χ1n) is 3.67. The van der Waals surface area contributed by atoms with Gasteiger partial charge in [-0.05, 0) is 25.5 Å². The van der Waals surface area contributed by atoms with Crippen molar-refractivity contribution in [2.75, 3.05) is 0 Å². The minimum absolute atomic E-state index is 0. The largest absolute Gasteiger partial charge is 0.323 e. The van der Waals surface area contributed by atoms with Crippen LogP contribution in [0.1, 0.15) is 22.2 Å². The molecule has 1 aromatic heterocycles. The van der Waals surface area contributed by atoms with Crippen LogP contribution < -0.4 is 5.73 Å². The molecule has 1 rings (SSSR count). The molecule has 1 atom stereocenters. The molecule has 0 aliphatic heterocycles. The van der Waals surface area contributed by atoms with Gasteiger partial charge in [0, 0.05) is 15.8 Å². The summed E-state index contributed by atoms with van der Waals surface area (Å²) in [5.41, 5.74) is 5.86. The Morgan fingerprint density at radius 2 is 2.33 bits per heavy atom. The Kier molecular flexibility index (Phi) is 5.22. The van der Waals surface area contributed by atoms with Crippen molar-refractivity contribution in [2.45, 2.75) is 19.4 Å². The van der Waals surface area contributed by atoms with E-state index in [9.17, 15) is 0 Å². The van der Waals surface area contributed by atoms with Crippen LogP contribution in [0.2, 0.25) is 0 Å². The molecular formula is C9H14ClNS. The molecule has 0 radical (unpaired) electrons. The number of hydrogen-bond acceptors (Lipinski definition) is 2. The van der Waals surface area contributed by atoms with E-state index in [-0.39, 0.29) is 18.4 Å². The second kappa shape index (κ2) is 5.36. The van der Waals surface area contributed by atoms with Crippen molar-refractivity contribution in [2.24, 2.45) is 5.73 Å². The Balaban J connectivity index is 0.00000121. The first-order chi connectivity index (χ1) is 5.24. The lowest BCUT2D eigenvalue weighted by Gasteiger charge is -2.04. The molecule has 1 aromatic rings. The van der Waals surface area contributed by atoms with Crippen molar-refractivity contribution in [1.29, 1.82) is 0 Å². The first kappa shape index (κ1) is 11.7. The van der Waals surface area contributed by atoms with Crippen molar-refractivity contribution < 1.29 is 0 Å². The number of aryl methyl sites for hydroxylation is 1. The van der Waals surface area contributed by atoms with Crippen LogP contribution in [-0.2, 0) is 0 Å². The predicted molar refractivity (Wildman–Crippen MR) is 58.0 cm³/mol.